The summed E-state index contributed by atoms with van der Waals surface area (Å²) in [4.78, 5) is 16.2. The third-order valence-corrected chi connectivity index (χ3v) is 9.53. The van der Waals surface area contributed by atoms with Gasteiger partial charge in [-0.15, -0.1) is 35.3 Å². The first-order valence-corrected chi connectivity index (χ1v) is 15.3. The van der Waals surface area contributed by atoms with Gasteiger partial charge in [-0.1, -0.05) is 57.7 Å². The van der Waals surface area contributed by atoms with Crippen molar-refractivity contribution in [3.8, 4) is 0 Å². The second-order valence-corrected chi connectivity index (χ2v) is 11.8. The molecule has 1 N–H and O–H groups in total. The number of benzene rings is 2. The van der Waals surface area contributed by atoms with Gasteiger partial charge >= 0.3 is 5.97 Å². The van der Waals surface area contributed by atoms with Crippen LogP contribution >= 0.6 is 35.3 Å². The van der Waals surface area contributed by atoms with Crippen LogP contribution in [0.5, 0.6) is 0 Å². The number of hydrogen-bond donors (Lipinski definition) is 1. The highest BCUT2D eigenvalue weighted by Gasteiger charge is 2.36. The topological polar surface area (TPSA) is 40.5 Å². The normalized spacial score (nSPS) is 15.2. The summed E-state index contributed by atoms with van der Waals surface area (Å²) in [6.07, 6.45) is 9.68. The smallest absolute Gasteiger partial charge is 0.313 e. The van der Waals surface area contributed by atoms with E-state index in [2.05, 4.69) is 67.5 Å². The van der Waals surface area contributed by atoms with Crippen molar-refractivity contribution in [2.75, 3.05) is 29.2 Å². The maximum atomic E-state index is 11.0. The van der Waals surface area contributed by atoms with Crippen LogP contribution in [0.15, 0.2) is 52.3 Å². The monoisotopic (exact) mass is 503 g/mol. The van der Waals surface area contributed by atoms with E-state index in [0.29, 0.717) is 5.41 Å². The van der Waals surface area contributed by atoms with Gasteiger partial charge in [0.15, 0.2) is 0 Å². The molecule has 0 saturated heterocycles. The van der Waals surface area contributed by atoms with Gasteiger partial charge in [0.05, 0.1) is 11.4 Å². The highest BCUT2D eigenvalue weighted by atomic mass is 32.2. The summed E-state index contributed by atoms with van der Waals surface area (Å²) in [5.74, 6) is 1.27. The fourth-order valence-electron chi connectivity index (χ4n) is 4.54. The zero-order chi connectivity index (χ0) is 23.7. The lowest BCUT2D eigenvalue weighted by molar-refractivity contribution is -0.133. The minimum Gasteiger partial charge on any atom is -0.481 e. The molecule has 0 bridgehead atoms. The molecule has 0 aromatic heterocycles. The molecule has 1 aliphatic rings. The van der Waals surface area contributed by atoms with E-state index in [4.69, 9.17) is 5.11 Å². The lowest BCUT2D eigenvalue weighted by atomic mass is 9.79. The summed E-state index contributed by atoms with van der Waals surface area (Å²) in [6, 6.07) is 15.5. The molecule has 1 heterocycles. The molecule has 3 nitrogen and oxygen atoms in total. The molecular formula is C27H37NO2S3. The second kappa shape index (κ2) is 13.0. The van der Waals surface area contributed by atoms with Crippen LogP contribution in [0.1, 0.15) is 57.9 Å². The first kappa shape index (κ1) is 26.4. The van der Waals surface area contributed by atoms with E-state index in [1.165, 1.54) is 77.0 Å². The number of aliphatic carboxylic acids is 1. The molecule has 0 aliphatic carbocycles. The van der Waals surface area contributed by atoms with E-state index in [9.17, 15) is 4.79 Å². The Morgan fingerprint density at radius 3 is 2.42 bits per heavy atom. The van der Waals surface area contributed by atoms with E-state index in [0.717, 1.165) is 18.1 Å². The average molecular weight is 504 g/mol. The molecule has 3 rings (SSSR count). The summed E-state index contributed by atoms with van der Waals surface area (Å²) in [5.41, 5.74) is 4.11. The number of carboxylic acid groups (broad SMARTS) is 1. The molecule has 2 aromatic carbocycles. The average Bonchev–Trinajstić information content (AvgIpc) is 2.98. The SMILES string of the molecule is CCCCC1(CCCC)CSc2cc(CSCC(=O)O)c(SC)cc2N(c2ccccc2)C1. The van der Waals surface area contributed by atoms with Crippen LogP contribution in [0.2, 0.25) is 0 Å². The van der Waals surface area contributed by atoms with Crippen LogP contribution in [0.3, 0.4) is 0 Å². The van der Waals surface area contributed by atoms with Crippen LogP contribution in [-0.2, 0) is 10.5 Å². The summed E-state index contributed by atoms with van der Waals surface area (Å²) in [7, 11) is 0. The van der Waals surface area contributed by atoms with E-state index in [-0.39, 0.29) is 5.75 Å². The van der Waals surface area contributed by atoms with Gasteiger partial charge in [-0.3, -0.25) is 4.79 Å². The Balaban J connectivity index is 2.03. The van der Waals surface area contributed by atoms with E-state index in [1.54, 1.807) is 11.8 Å². The fourth-order valence-corrected chi connectivity index (χ4v) is 7.37. The molecule has 1 aliphatic heterocycles. The van der Waals surface area contributed by atoms with Crippen LogP contribution in [0.25, 0.3) is 0 Å². The largest absolute Gasteiger partial charge is 0.481 e. The number of thioether (sulfide) groups is 3. The molecule has 2 aromatic rings. The summed E-state index contributed by atoms with van der Waals surface area (Å²) < 4.78 is 0. The third-order valence-electron chi connectivity index (χ3n) is 6.35. The minimum absolute atomic E-state index is 0.144. The minimum atomic E-state index is -0.748. The second-order valence-electron chi connectivity index (χ2n) is 8.94. The molecule has 0 atom stereocenters. The van der Waals surface area contributed by atoms with Crippen molar-refractivity contribution in [2.45, 2.75) is 67.9 Å². The maximum Gasteiger partial charge on any atom is 0.313 e. The van der Waals surface area contributed by atoms with Gasteiger partial charge in [0.25, 0.3) is 0 Å². The maximum absolute atomic E-state index is 11.0. The summed E-state index contributed by atoms with van der Waals surface area (Å²) >= 11 is 5.26. The highest BCUT2D eigenvalue weighted by Crippen LogP contribution is 2.49. The zero-order valence-electron chi connectivity index (χ0n) is 20.1. The molecule has 33 heavy (non-hydrogen) atoms. The number of fused-ring (bicyclic) bond motifs is 1. The molecule has 0 spiro atoms. The number of carboxylic acids is 1. The van der Waals surface area contributed by atoms with Crippen LogP contribution in [0.4, 0.5) is 11.4 Å². The van der Waals surface area contributed by atoms with Crippen molar-refractivity contribution in [3.63, 3.8) is 0 Å². The molecule has 6 heteroatoms. The Morgan fingerprint density at radius 2 is 1.82 bits per heavy atom. The number of carbonyl (C=O) groups is 1. The predicted molar refractivity (Wildman–Crippen MR) is 148 cm³/mol. The third kappa shape index (κ3) is 7.12. The number of unbranched alkanes of at least 4 members (excludes halogenated alkanes) is 2. The lowest BCUT2D eigenvalue weighted by Crippen LogP contribution is -2.36. The van der Waals surface area contributed by atoms with Gasteiger partial charge in [0.2, 0.25) is 0 Å². The summed E-state index contributed by atoms with van der Waals surface area (Å²) in [5, 5.41) is 9.07. The van der Waals surface area contributed by atoms with Gasteiger partial charge in [-0.2, -0.15) is 0 Å². The van der Waals surface area contributed by atoms with Gasteiger partial charge in [-0.25, -0.2) is 0 Å². The number of anilines is 2. The Hall–Kier alpha value is -1.24. The molecular weight excluding hydrogens is 467 g/mol. The van der Waals surface area contributed by atoms with Gasteiger partial charge in [0.1, 0.15) is 0 Å². The fraction of sp³-hybridized carbons (Fsp3) is 0.519. The van der Waals surface area contributed by atoms with Crippen molar-refractivity contribution in [1.82, 2.24) is 0 Å². The van der Waals surface area contributed by atoms with Crippen molar-refractivity contribution in [3.05, 3.63) is 48.0 Å². The Bertz CT molecular complexity index is 896. The van der Waals surface area contributed by atoms with Crippen molar-refractivity contribution >= 4 is 52.6 Å². The van der Waals surface area contributed by atoms with Crippen LogP contribution in [0, 0.1) is 5.41 Å². The first-order chi connectivity index (χ1) is 16.0. The molecule has 0 unspecified atom stereocenters. The lowest BCUT2D eigenvalue weighted by Gasteiger charge is -2.37. The molecule has 0 radical (unpaired) electrons. The number of nitrogens with zero attached hydrogens (tertiary/aromatic N) is 1. The van der Waals surface area contributed by atoms with E-state index < -0.39 is 5.97 Å². The molecule has 0 fully saturated rings. The number of hydrogen-bond acceptors (Lipinski definition) is 5. The molecule has 180 valence electrons. The van der Waals surface area contributed by atoms with Crippen molar-refractivity contribution < 1.29 is 9.90 Å². The molecule has 0 amide bonds. The van der Waals surface area contributed by atoms with Crippen LogP contribution in [-0.4, -0.2) is 35.4 Å². The number of rotatable bonds is 12. The van der Waals surface area contributed by atoms with Gasteiger partial charge < -0.3 is 10.0 Å². The standard InChI is InChI=1S/C27H37NO2S3/c1-4-6-13-27(14-7-5-2)19-28(22-11-9-8-10-12-22)23-16-24(31-3)21(15-25(23)33-20-27)17-32-18-26(29)30/h8-12,15-16H,4-7,13-14,17-20H2,1-3H3,(H,29,30). The summed E-state index contributed by atoms with van der Waals surface area (Å²) in [6.45, 7) is 5.65. The quantitative estimate of drug-likeness (QED) is 0.294. The zero-order valence-corrected chi connectivity index (χ0v) is 22.6. The van der Waals surface area contributed by atoms with Crippen molar-refractivity contribution in [2.24, 2.45) is 5.41 Å². The Labute approximate surface area is 212 Å². The van der Waals surface area contributed by atoms with Crippen LogP contribution < -0.4 is 4.90 Å². The Kier molecular flexibility index (Phi) is 10.4. The molecule has 0 saturated carbocycles. The predicted octanol–water partition coefficient (Wildman–Crippen LogP) is 8.34. The van der Waals surface area contributed by atoms with Gasteiger partial charge in [0, 0.05) is 33.5 Å². The van der Waals surface area contributed by atoms with E-state index in [1.807, 2.05) is 11.8 Å². The number of para-hydroxylation sites is 1. The van der Waals surface area contributed by atoms with Crippen molar-refractivity contribution in [1.29, 1.82) is 0 Å². The first-order valence-electron chi connectivity index (χ1n) is 12.0. The van der Waals surface area contributed by atoms with Gasteiger partial charge in [-0.05, 0) is 54.3 Å². The van der Waals surface area contributed by atoms with E-state index >= 15 is 0 Å². The Morgan fingerprint density at radius 1 is 1.12 bits per heavy atom. The highest BCUT2D eigenvalue weighted by molar-refractivity contribution is 8.00.